The van der Waals surface area contributed by atoms with Crippen LogP contribution in [0.5, 0.6) is 0 Å². The molecule has 0 atom stereocenters. The van der Waals surface area contributed by atoms with Gasteiger partial charge in [0, 0.05) is 17.1 Å². The molecular formula is C21H16N4. The van der Waals surface area contributed by atoms with Gasteiger partial charge in [0.2, 0.25) is 0 Å². The van der Waals surface area contributed by atoms with Gasteiger partial charge in [0.25, 0.3) is 0 Å². The van der Waals surface area contributed by atoms with Gasteiger partial charge in [0.05, 0.1) is 11.2 Å². The molecular weight excluding hydrogens is 308 g/mol. The van der Waals surface area contributed by atoms with Crippen LogP contribution in [0.1, 0.15) is 11.3 Å². The van der Waals surface area contributed by atoms with Crippen molar-refractivity contribution in [3.05, 3.63) is 84.4 Å². The summed E-state index contributed by atoms with van der Waals surface area (Å²) in [6.07, 6.45) is 7.37. The molecule has 0 saturated carbocycles. The number of anilines is 1. The van der Waals surface area contributed by atoms with Crippen molar-refractivity contribution in [2.24, 2.45) is 0 Å². The molecule has 0 saturated heterocycles. The van der Waals surface area contributed by atoms with Crippen LogP contribution in [-0.4, -0.2) is 15.0 Å². The van der Waals surface area contributed by atoms with Gasteiger partial charge in [0.1, 0.15) is 12.1 Å². The van der Waals surface area contributed by atoms with Crippen LogP contribution in [0.2, 0.25) is 0 Å². The van der Waals surface area contributed by atoms with E-state index in [9.17, 15) is 0 Å². The predicted molar refractivity (Wildman–Crippen MR) is 103 cm³/mol. The molecule has 4 nitrogen and oxygen atoms in total. The van der Waals surface area contributed by atoms with Crippen molar-refractivity contribution in [2.45, 2.75) is 0 Å². The lowest BCUT2D eigenvalue weighted by atomic mass is 10.0. The molecule has 4 heteroatoms. The van der Waals surface area contributed by atoms with Crippen molar-refractivity contribution >= 4 is 28.9 Å². The Bertz CT molecular complexity index is 1060. The topological polar surface area (TPSA) is 64.7 Å². The summed E-state index contributed by atoms with van der Waals surface area (Å²) in [4.78, 5) is 12.9. The summed E-state index contributed by atoms with van der Waals surface area (Å²) in [7, 11) is 0. The van der Waals surface area contributed by atoms with Crippen LogP contribution in [0.15, 0.2) is 73.2 Å². The maximum atomic E-state index is 6.00. The number of nitrogens with two attached hydrogens (primary N) is 1. The number of fused-ring (bicyclic) bond motifs is 1. The van der Waals surface area contributed by atoms with Gasteiger partial charge in [-0.25, -0.2) is 9.97 Å². The minimum atomic E-state index is 0.483. The average Bonchev–Trinajstić information content (AvgIpc) is 2.68. The molecule has 4 rings (SSSR count). The van der Waals surface area contributed by atoms with Crippen LogP contribution in [0.25, 0.3) is 34.2 Å². The van der Waals surface area contributed by atoms with Crippen LogP contribution in [-0.2, 0) is 0 Å². The lowest BCUT2D eigenvalue weighted by molar-refractivity contribution is 1.23. The smallest absolute Gasteiger partial charge is 0.134 e. The molecule has 0 unspecified atom stereocenters. The van der Waals surface area contributed by atoms with Crippen molar-refractivity contribution < 1.29 is 0 Å². The highest BCUT2D eigenvalue weighted by Crippen LogP contribution is 2.28. The van der Waals surface area contributed by atoms with Crippen LogP contribution in [0, 0.1) is 0 Å². The zero-order valence-electron chi connectivity index (χ0n) is 13.5. The molecule has 2 aromatic heterocycles. The molecule has 2 aromatic carbocycles. The third kappa shape index (κ3) is 3.10. The van der Waals surface area contributed by atoms with Crippen molar-refractivity contribution in [1.29, 1.82) is 0 Å². The molecule has 2 N–H and O–H groups in total. The largest absolute Gasteiger partial charge is 0.383 e. The molecule has 0 amide bonds. The summed E-state index contributed by atoms with van der Waals surface area (Å²) in [5.41, 5.74) is 10.9. The fourth-order valence-corrected chi connectivity index (χ4v) is 2.78. The zero-order chi connectivity index (χ0) is 17.1. The van der Waals surface area contributed by atoms with Crippen LogP contribution >= 0.6 is 0 Å². The Kier molecular flexibility index (Phi) is 3.92. The molecule has 0 spiro atoms. The monoisotopic (exact) mass is 324 g/mol. The van der Waals surface area contributed by atoms with Gasteiger partial charge >= 0.3 is 0 Å². The van der Waals surface area contributed by atoms with Crippen LogP contribution < -0.4 is 5.73 Å². The zero-order valence-corrected chi connectivity index (χ0v) is 13.5. The van der Waals surface area contributed by atoms with Crippen molar-refractivity contribution in [3.63, 3.8) is 0 Å². The average molecular weight is 324 g/mol. The molecule has 0 aliphatic heterocycles. The van der Waals surface area contributed by atoms with E-state index in [0.717, 1.165) is 33.3 Å². The van der Waals surface area contributed by atoms with E-state index in [-0.39, 0.29) is 0 Å². The first-order valence-corrected chi connectivity index (χ1v) is 8.00. The predicted octanol–water partition coefficient (Wildman–Crippen LogP) is 4.44. The summed E-state index contributed by atoms with van der Waals surface area (Å²) in [6.45, 7) is 0. The van der Waals surface area contributed by atoms with Gasteiger partial charge in [0.15, 0.2) is 0 Å². The quantitative estimate of drug-likeness (QED) is 0.605. The van der Waals surface area contributed by atoms with E-state index < -0.39 is 0 Å². The molecule has 0 fully saturated rings. The summed E-state index contributed by atoms with van der Waals surface area (Å²) >= 11 is 0. The number of hydrogen-bond donors (Lipinski definition) is 1. The number of aromatic nitrogens is 3. The Labute approximate surface area is 145 Å². The molecule has 120 valence electrons. The van der Waals surface area contributed by atoms with Crippen LogP contribution in [0.4, 0.5) is 5.82 Å². The van der Waals surface area contributed by atoms with E-state index in [1.165, 1.54) is 6.33 Å². The van der Waals surface area contributed by atoms with Crippen LogP contribution in [0.3, 0.4) is 0 Å². The summed E-state index contributed by atoms with van der Waals surface area (Å²) in [6, 6.07) is 20.2. The van der Waals surface area contributed by atoms with Crippen molar-refractivity contribution in [2.75, 3.05) is 5.73 Å². The second kappa shape index (κ2) is 6.53. The number of rotatable bonds is 3. The van der Waals surface area contributed by atoms with Crippen molar-refractivity contribution in [1.82, 2.24) is 15.0 Å². The number of pyridine rings is 1. The Hall–Kier alpha value is -3.53. The minimum Gasteiger partial charge on any atom is -0.383 e. The molecule has 25 heavy (non-hydrogen) atoms. The molecule has 0 radical (unpaired) electrons. The Morgan fingerprint density at radius 2 is 1.68 bits per heavy atom. The van der Waals surface area contributed by atoms with E-state index in [0.29, 0.717) is 5.82 Å². The van der Waals surface area contributed by atoms with E-state index in [2.05, 4.69) is 39.2 Å². The summed E-state index contributed by atoms with van der Waals surface area (Å²) in [5.74, 6) is 0.483. The fourth-order valence-electron chi connectivity index (χ4n) is 2.78. The van der Waals surface area contributed by atoms with E-state index >= 15 is 0 Å². The number of hydrogen-bond acceptors (Lipinski definition) is 4. The highest BCUT2D eigenvalue weighted by atomic mass is 14.9. The van der Waals surface area contributed by atoms with Gasteiger partial charge in [-0.2, -0.15) is 0 Å². The minimum absolute atomic E-state index is 0.483. The fraction of sp³-hybridized carbons (Fsp3) is 0. The first kappa shape index (κ1) is 15.0. The SMILES string of the molecule is Nc1ncnc2ccc(-c3cccnc3C=Cc3ccccc3)cc12. The Morgan fingerprint density at radius 1 is 0.800 bits per heavy atom. The summed E-state index contributed by atoms with van der Waals surface area (Å²) < 4.78 is 0. The Morgan fingerprint density at radius 3 is 2.56 bits per heavy atom. The first-order chi connectivity index (χ1) is 12.3. The molecule has 0 aliphatic carbocycles. The standard InChI is InChI=1S/C21H16N4/c22-21-18-13-16(9-11-20(18)24-14-25-21)17-7-4-12-23-19(17)10-8-15-5-2-1-3-6-15/h1-14H,(H2,22,24,25). The van der Waals surface area contributed by atoms with E-state index in [1.807, 2.05) is 48.5 Å². The van der Waals surface area contributed by atoms with Gasteiger partial charge in [-0.05, 0) is 35.4 Å². The maximum absolute atomic E-state index is 6.00. The third-order valence-corrected chi connectivity index (χ3v) is 4.05. The lowest BCUT2D eigenvalue weighted by Gasteiger charge is -2.07. The second-order valence-electron chi connectivity index (χ2n) is 5.67. The normalized spacial score (nSPS) is 11.2. The third-order valence-electron chi connectivity index (χ3n) is 4.05. The van der Waals surface area contributed by atoms with Gasteiger partial charge < -0.3 is 5.73 Å². The summed E-state index contributed by atoms with van der Waals surface area (Å²) in [5, 5.41) is 0.849. The molecule has 0 aliphatic rings. The van der Waals surface area contributed by atoms with Gasteiger partial charge in [-0.1, -0.05) is 48.5 Å². The van der Waals surface area contributed by atoms with E-state index in [4.69, 9.17) is 5.73 Å². The Balaban J connectivity index is 1.79. The number of nitrogens with zero attached hydrogens (tertiary/aromatic N) is 3. The number of benzene rings is 2. The molecule has 4 aromatic rings. The molecule has 0 bridgehead atoms. The highest BCUT2D eigenvalue weighted by Gasteiger charge is 2.07. The van der Waals surface area contributed by atoms with Gasteiger partial charge in [-0.3, -0.25) is 4.98 Å². The first-order valence-electron chi connectivity index (χ1n) is 8.00. The maximum Gasteiger partial charge on any atom is 0.134 e. The molecule has 2 heterocycles. The lowest BCUT2D eigenvalue weighted by Crippen LogP contribution is -1.94. The highest BCUT2D eigenvalue weighted by molar-refractivity contribution is 5.92. The van der Waals surface area contributed by atoms with Crippen molar-refractivity contribution in [3.8, 4) is 11.1 Å². The second-order valence-corrected chi connectivity index (χ2v) is 5.67. The van der Waals surface area contributed by atoms with E-state index in [1.54, 1.807) is 6.20 Å². The van der Waals surface area contributed by atoms with Gasteiger partial charge in [-0.15, -0.1) is 0 Å². The number of nitrogen functional groups attached to an aromatic ring is 1.